The standard InChI is InChI=1S/C18H27N3O5S2/c1-19(27(2,23)24)14-18(22)20-9-11-21(12-10-20)28(25,26)17-8-7-15-5-3-4-6-16(15)13-17/h7-8,13H,3-6,9-12,14H2,1-2H3. The zero-order valence-corrected chi connectivity index (χ0v) is 17.9. The highest BCUT2D eigenvalue weighted by atomic mass is 32.2. The molecule has 1 aromatic carbocycles. The number of amides is 1. The van der Waals surface area contributed by atoms with Crippen molar-refractivity contribution in [3.63, 3.8) is 0 Å². The van der Waals surface area contributed by atoms with Gasteiger partial charge in [-0.3, -0.25) is 4.79 Å². The first-order valence-corrected chi connectivity index (χ1v) is 12.7. The van der Waals surface area contributed by atoms with Gasteiger partial charge in [0, 0.05) is 33.2 Å². The molecule has 0 spiro atoms. The maximum Gasteiger partial charge on any atom is 0.243 e. The van der Waals surface area contributed by atoms with Crippen LogP contribution in [-0.4, -0.2) is 82.3 Å². The van der Waals surface area contributed by atoms with Gasteiger partial charge in [-0.1, -0.05) is 6.07 Å². The summed E-state index contributed by atoms with van der Waals surface area (Å²) in [4.78, 5) is 14.1. The topological polar surface area (TPSA) is 95.1 Å². The molecule has 1 aromatic rings. The van der Waals surface area contributed by atoms with Gasteiger partial charge in [-0.05, 0) is 48.9 Å². The third kappa shape index (κ3) is 4.56. The highest BCUT2D eigenvalue weighted by Crippen LogP contribution is 2.26. The Balaban J connectivity index is 1.65. The van der Waals surface area contributed by atoms with Crippen LogP contribution < -0.4 is 0 Å². The maximum atomic E-state index is 13.0. The molecule has 0 N–H and O–H groups in total. The normalized spacial score (nSPS) is 18.9. The molecular weight excluding hydrogens is 402 g/mol. The smallest absolute Gasteiger partial charge is 0.243 e. The molecule has 10 heteroatoms. The average Bonchev–Trinajstić information content (AvgIpc) is 2.66. The molecule has 0 unspecified atom stereocenters. The summed E-state index contributed by atoms with van der Waals surface area (Å²) in [6.45, 7) is 0.666. The fraction of sp³-hybridized carbons (Fsp3) is 0.611. The molecular formula is C18H27N3O5S2. The molecule has 1 amide bonds. The summed E-state index contributed by atoms with van der Waals surface area (Å²) in [5.74, 6) is -0.321. The van der Waals surface area contributed by atoms with Crippen LogP contribution >= 0.6 is 0 Å². The highest BCUT2D eigenvalue weighted by Gasteiger charge is 2.31. The van der Waals surface area contributed by atoms with E-state index in [0.29, 0.717) is 4.90 Å². The summed E-state index contributed by atoms with van der Waals surface area (Å²) >= 11 is 0. The molecule has 0 aromatic heterocycles. The fourth-order valence-electron chi connectivity index (χ4n) is 3.60. The van der Waals surface area contributed by atoms with Gasteiger partial charge >= 0.3 is 0 Å². The van der Waals surface area contributed by atoms with E-state index < -0.39 is 20.0 Å². The molecule has 1 fully saturated rings. The Morgan fingerprint density at radius 1 is 1.00 bits per heavy atom. The minimum absolute atomic E-state index is 0.202. The number of likely N-dealkylation sites (N-methyl/N-ethyl adjacent to an activating group) is 1. The average molecular weight is 430 g/mol. The van der Waals surface area contributed by atoms with Crippen LogP contribution in [0.4, 0.5) is 0 Å². The van der Waals surface area contributed by atoms with E-state index in [4.69, 9.17) is 0 Å². The number of hydrogen-bond acceptors (Lipinski definition) is 5. The Labute approximate surface area is 167 Å². The molecule has 1 aliphatic heterocycles. The maximum absolute atomic E-state index is 13.0. The van der Waals surface area contributed by atoms with Crippen molar-refractivity contribution in [2.75, 3.05) is 46.0 Å². The number of piperazine rings is 1. The van der Waals surface area contributed by atoms with E-state index in [1.165, 1.54) is 21.8 Å². The van der Waals surface area contributed by atoms with Gasteiger partial charge in [-0.15, -0.1) is 0 Å². The largest absolute Gasteiger partial charge is 0.339 e. The molecule has 3 rings (SSSR count). The summed E-state index contributed by atoms with van der Waals surface area (Å²) in [6.07, 6.45) is 5.18. The van der Waals surface area contributed by atoms with Gasteiger partial charge in [0.05, 0.1) is 17.7 Å². The van der Waals surface area contributed by atoms with Crippen LogP contribution in [0.3, 0.4) is 0 Å². The Bertz CT molecular complexity index is 951. The number of carbonyl (C=O) groups excluding carboxylic acids is 1. The molecule has 2 aliphatic rings. The fourth-order valence-corrected chi connectivity index (χ4v) is 5.42. The van der Waals surface area contributed by atoms with E-state index in [2.05, 4.69) is 0 Å². The molecule has 1 saturated heterocycles. The van der Waals surface area contributed by atoms with Crippen molar-refractivity contribution in [1.29, 1.82) is 0 Å². The van der Waals surface area contributed by atoms with Crippen molar-refractivity contribution in [1.82, 2.24) is 13.5 Å². The second-order valence-electron chi connectivity index (χ2n) is 7.44. The molecule has 0 saturated carbocycles. The second-order valence-corrected chi connectivity index (χ2v) is 11.5. The van der Waals surface area contributed by atoms with Crippen LogP contribution in [-0.2, 0) is 37.7 Å². The van der Waals surface area contributed by atoms with Gasteiger partial charge in [-0.2, -0.15) is 8.61 Å². The number of benzene rings is 1. The van der Waals surface area contributed by atoms with E-state index in [0.717, 1.165) is 41.8 Å². The Morgan fingerprint density at radius 2 is 1.61 bits per heavy atom. The predicted octanol–water partition coefficient (Wildman–Crippen LogP) is 0.290. The quantitative estimate of drug-likeness (QED) is 0.670. The summed E-state index contributed by atoms with van der Waals surface area (Å²) in [5, 5.41) is 0. The third-order valence-corrected chi connectivity index (χ3v) is 8.63. The lowest BCUT2D eigenvalue weighted by atomic mass is 9.92. The first-order chi connectivity index (χ1) is 13.1. The Hall–Kier alpha value is -1.49. The lowest BCUT2D eigenvalue weighted by Crippen LogP contribution is -2.52. The molecule has 0 atom stereocenters. The summed E-state index contributed by atoms with van der Waals surface area (Å²) < 4.78 is 51.3. The lowest BCUT2D eigenvalue weighted by Gasteiger charge is -2.34. The van der Waals surface area contributed by atoms with Crippen molar-refractivity contribution in [3.8, 4) is 0 Å². The van der Waals surface area contributed by atoms with Crippen LogP contribution in [0.1, 0.15) is 24.0 Å². The van der Waals surface area contributed by atoms with Crippen molar-refractivity contribution in [3.05, 3.63) is 29.3 Å². The number of aryl methyl sites for hydroxylation is 2. The van der Waals surface area contributed by atoms with E-state index in [1.807, 2.05) is 6.07 Å². The highest BCUT2D eigenvalue weighted by molar-refractivity contribution is 7.89. The van der Waals surface area contributed by atoms with E-state index >= 15 is 0 Å². The minimum atomic E-state index is -3.60. The third-order valence-electron chi connectivity index (χ3n) is 5.47. The SMILES string of the molecule is CN(CC(=O)N1CCN(S(=O)(=O)c2ccc3c(c2)CCCC3)CC1)S(C)(=O)=O. The van der Waals surface area contributed by atoms with Crippen molar-refractivity contribution >= 4 is 26.0 Å². The summed E-state index contributed by atoms with van der Waals surface area (Å²) in [5.41, 5.74) is 2.35. The second kappa shape index (κ2) is 8.10. The van der Waals surface area contributed by atoms with Gasteiger partial charge in [0.1, 0.15) is 0 Å². The van der Waals surface area contributed by atoms with Crippen LogP contribution in [0.15, 0.2) is 23.1 Å². The van der Waals surface area contributed by atoms with Crippen molar-refractivity contribution in [2.24, 2.45) is 0 Å². The van der Waals surface area contributed by atoms with E-state index in [-0.39, 0.29) is 38.6 Å². The molecule has 156 valence electrons. The number of carbonyl (C=O) groups is 1. The zero-order valence-electron chi connectivity index (χ0n) is 16.3. The monoisotopic (exact) mass is 429 g/mol. The molecule has 1 heterocycles. The van der Waals surface area contributed by atoms with Crippen molar-refractivity contribution < 1.29 is 21.6 Å². The number of nitrogens with zero attached hydrogens (tertiary/aromatic N) is 3. The number of fused-ring (bicyclic) bond motifs is 1. The first-order valence-electron chi connectivity index (χ1n) is 9.40. The number of rotatable bonds is 5. The van der Waals surface area contributed by atoms with E-state index in [1.54, 1.807) is 12.1 Å². The minimum Gasteiger partial charge on any atom is -0.339 e. The molecule has 28 heavy (non-hydrogen) atoms. The van der Waals surface area contributed by atoms with Gasteiger partial charge in [0.15, 0.2) is 0 Å². The Morgan fingerprint density at radius 3 is 2.21 bits per heavy atom. The van der Waals surface area contributed by atoms with Crippen molar-refractivity contribution in [2.45, 2.75) is 30.6 Å². The van der Waals surface area contributed by atoms with E-state index in [9.17, 15) is 21.6 Å². The molecule has 0 radical (unpaired) electrons. The summed E-state index contributed by atoms with van der Waals surface area (Å²) in [7, 11) is -5.69. The van der Waals surface area contributed by atoms with Gasteiger partial charge in [-0.25, -0.2) is 16.8 Å². The Kier molecular flexibility index (Phi) is 6.14. The first kappa shape index (κ1) is 21.2. The van der Waals surface area contributed by atoms with Gasteiger partial charge < -0.3 is 4.90 Å². The predicted molar refractivity (Wildman–Crippen MR) is 106 cm³/mol. The van der Waals surface area contributed by atoms with Crippen LogP contribution in [0, 0.1) is 0 Å². The summed E-state index contributed by atoms with van der Waals surface area (Å²) in [6, 6.07) is 5.39. The lowest BCUT2D eigenvalue weighted by molar-refractivity contribution is -0.132. The van der Waals surface area contributed by atoms with Crippen LogP contribution in [0.25, 0.3) is 0 Å². The zero-order chi connectivity index (χ0) is 20.5. The van der Waals surface area contributed by atoms with Crippen LogP contribution in [0.5, 0.6) is 0 Å². The van der Waals surface area contributed by atoms with Gasteiger partial charge in [0.2, 0.25) is 26.0 Å². The molecule has 1 aliphatic carbocycles. The molecule has 8 nitrogen and oxygen atoms in total. The molecule has 0 bridgehead atoms. The van der Waals surface area contributed by atoms with Crippen LogP contribution in [0.2, 0.25) is 0 Å². The number of hydrogen-bond donors (Lipinski definition) is 0. The van der Waals surface area contributed by atoms with Gasteiger partial charge in [0.25, 0.3) is 0 Å². The number of sulfonamides is 2.